The van der Waals surface area contributed by atoms with E-state index in [0.29, 0.717) is 16.7 Å². The lowest BCUT2D eigenvalue weighted by Crippen LogP contribution is -2.35. The maximum atomic E-state index is 13.4. The molecule has 2 aromatic heterocycles. The molecule has 2 fully saturated rings. The van der Waals surface area contributed by atoms with Gasteiger partial charge in [-0.15, -0.1) is 0 Å². The standard InChI is InChI=1S/C25H27ClFN4O8PS/c1-13(14-4-6-15(27)7-5-14)29-19-16-8-9-31(23(16)30-22(26)17(19)10-28)24-21-20(38-25(2,3)39-21)18(37-24)11-41(35,36)12-40(32,33)34/h4-9,13,18,20-21,24H,11-12H2,1-3H3,(H,29,30)(H2,32,33,34)/t13-,18-,20-,21-,24-/m1/s1. The molecular weight excluding hydrogens is 602 g/mol. The highest BCUT2D eigenvalue weighted by Gasteiger charge is 2.57. The largest absolute Gasteiger partial charge is 0.377 e. The first-order chi connectivity index (χ1) is 19.1. The second-order valence-electron chi connectivity index (χ2n) is 10.5. The molecule has 220 valence electrons. The van der Waals surface area contributed by atoms with E-state index in [4.69, 9.17) is 25.8 Å². The van der Waals surface area contributed by atoms with Crippen molar-refractivity contribution in [3.05, 3.63) is 58.6 Å². The van der Waals surface area contributed by atoms with E-state index in [9.17, 15) is 32.4 Å². The predicted octanol–water partition coefficient (Wildman–Crippen LogP) is 3.84. The molecule has 16 heteroatoms. The fourth-order valence-corrected chi connectivity index (χ4v) is 8.68. The highest BCUT2D eigenvalue weighted by molar-refractivity contribution is 7.97. The molecule has 2 aliphatic rings. The molecule has 0 aliphatic carbocycles. The Bertz CT molecular complexity index is 1690. The summed E-state index contributed by atoms with van der Waals surface area (Å²) in [5, 5.41) is 13.6. The molecule has 5 atom stereocenters. The third-order valence-corrected chi connectivity index (χ3v) is 10.9. The molecule has 2 aliphatic heterocycles. The van der Waals surface area contributed by atoms with Crippen molar-refractivity contribution in [2.45, 2.75) is 57.1 Å². The minimum absolute atomic E-state index is 0.0898. The highest BCUT2D eigenvalue weighted by Crippen LogP contribution is 2.46. The number of rotatable bonds is 8. The number of halogens is 2. The number of hydrogen-bond donors (Lipinski definition) is 3. The van der Waals surface area contributed by atoms with E-state index < -0.39 is 59.0 Å². The van der Waals surface area contributed by atoms with Crippen molar-refractivity contribution in [3.63, 3.8) is 0 Å². The van der Waals surface area contributed by atoms with E-state index >= 15 is 0 Å². The van der Waals surface area contributed by atoms with Crippen molar-refractivity contribution in [3.8, 4) is 6.07 Å². The normalized spacial score (nSPS) is 24.7. The van der Waals surface area contributed by atoms with Crippen LogP contribution in [0.15, 0.2) is 36.5 Å². The van der Waals surface area contributed by atoms with Crippen LogP contribution in [0.1, 0.15) is 44.2 Å². The summed E-state index contributed by atoms with van der Waals surface area (Å²) in [5.74, 6) is -2.18. The maximum Gasteiger partial charge on any atom is 0.340 e. The summed E-state index contributed by atoms with van der Waals surface area (Å²) >= 11 is 6.44. The number of benzene rings is 1. The zero-order valence-corrected chi connectivity index (χ0v) is 24.5. The summed E-state index contributed by atoms with van der Waals surface area (Å²) in [6.45, 7) is 5.15. The van der Waals surface area contributed by atoms with Gasteiger partial charge in [-0.1, -0.05) is 23.7 Å². The van der Waals surface area contributed by atoms with Gasteiger partial charge in [0, 0.05) is 17.6 Å². The smallest absolute Gasteiger partial charge is 0.340 e. The van der Waals surface area contributed by atoms with Crippen LogP contribution in [0.4, 0.5) is 10.1 Å². The lowest BCUT2D eigenvalue weighted by molar-refractivity contribution is -0.193. The second-order valence-corrected chi connectivity index (χ2v) is 15.0. The fourth-order valence-electron chi connectivity index (χ4n) is 5.22. The molecule has 41 heavy (non-hydrogen) atoms. The number of ether oxygens (including phenoxy) is 3. The SMILES string of the molecule is C[C@@H](Nc1c(C#N)c(Cl)nc2c1ccn2[C@@H]1O[C@H](CS(=O)(=O)CP(=O)(O)O)[C@H]2OC(C)(C)O[C@H]21)c1ccc(F)cc1. The topological polar surface area (TPSA) is 173 Å². The van der Waals surface area contributed by atoms with Crippen molar-refractivity contribution >= 4 is 45.8 Å². The molecule has 0 radical (unpaired) electrons. The van der Waals surface area contributed by atoms with Crippen LogP contribution >= 0.6 is 19.2 Å². The minimum Gasteiger partial charge on any atom is -0.377 e. The van der Waals surface area contributed by atoms with Gasteiger partial charge in [0.05, 0.1) is 11.4 Å². The van der Waals surface area contributed by atoms with Gasteiger partial charge in [0.25, 0.3) is 0 Å². The van der Waals surface area contributed by atoms with Gasteiger partial charge in [0.2, 0.25) is 0 Å². The Morgan fingerprint density at radius 3 is 2.54 bits per heavy atom. The van der Waals surface area contributed by atoms with E-state index in [2.05, 4.69) is 16.4 Å². The third-order valence-electron chi connectivity index (χ3n) is 6.84. The number of pyridine rings is 1. The Morgan fingerprint density at radius 1 is 1.24 bits per heavy atom. The van der Waals surface area contributed by atoms with Crippen molar-refractivity contribution in [2.75, 3.05) is 16.6 Å². The van der Waals surface area contributed by atoms with Gasteiger partial charge in [-0.3, -0.25) is 4.57 Å². The van der Waals surface area contributed by atoms with Crippen LogP contribution in [-0.2, 0) is 28.6 Å². The number of anilines is 1. The monoisotopic (exact) mass is 628 g/mol. The number of sulfone groups is 1. The Hall–Kier alpha value is -2.60. The quantitative estimate of drug-likeness (QED) is 0.244. The van der Waals surface area contributed by atoms with Crippen LogP contribution < -0.4 is 5.32 Å². The van der Waals surface area contributed by atoms with Gasteiger partial charge in [-0.05, 0) is 44.5 Å². The summed E-state index contributed by atoms with van der Waals surface area (Å²) in [5.41, 5.74) is 0.222. The second kappa shape index (κ2) is 10.6. The Morgan fingerprint density at radius 2 is 1.90 bits per heavy atom. The van der Waals surface area contributed by atoms with Gasteiger partial charge < -0.3 is 33.9 Å². The maximum absolute atomic E-state index is 13.4. The Labute approximate surface area is 240 Å². The number of aromatic nitrogens is 2. The minimum atomic E-state index is -4.85. The molecule has 0 saturated carbocycles. The Kier molecular flexibility index (Phi) is 7.72. The van der Waals surface area contributed by atoms with Crippen LogP contribution in [0.2, 0.25) is 5.15 Å². The molecule has 1 aromatic carbocycles. The van der Waals surface area contributed by atoms with Crippen LogP contribution in [0.3, 0.4) is 0 Å². The van der Waals surface area contributed by atoms with Crippen molar-refractivity contribution in [2.24, 2.45) is 0 Å². The molecule has 3 aromatic rings. The van der Waals surface area contributed by atoms with Crippen LogP contribution in [-0.4, -0.2) is 63.1 Å². The fraction of sp³-hybridized carbons (Fsp3) is 0.440. The first-order valence-electron chi connectivity index (χ1n) is 12.5. The highest BCUT2D eigenvalue weighted by atomic mass is 35.5. The first-order valence-corrected chi connectivity index (χ1v) is 16.5. The summed E-state index contributed by atoms with van der Waals surface area (Å²) in [6, 6.07) is 9.32. The molecule has 2 saturated heterocycles. The van der Waals surface area contributed by atoms with Gasteiger partial charge >= 0.3 is 7.60 Å². The van der Waals surface area contributed by atoms with Crippen LogP contribution in [0, 0.1) is 17.1 Å². The zero-order valence-electron chi connectivity index (χ0n) is 22.1. The zero-order chi connectivity index (χ0) is 29.9. The van der Waals surface area contributed by atoms with E-state index in [1.807, 2.05) is 6.92 Å². The third kappa shape index (κ3) is 6.14. The molecular formula is C25H27ClFN4O8PS. The Balaban J connectivity index is 1.53. The van der Waals surface area contributed by atoms with Crippen molar-refractivity contribution < 1.29 is 41.4 Å². The van der Waals surface area contributed by atoms with E-state index in [0.717, 1.165) is 5.56 Å². The van der Waals surface area contributed by atoms with Crippen LogP contribution in [0.5, 0.6) is 0 Å². The van der Waals surface area contributed by atoms with E-state index in [1.54, 1.807) is 42.8 Å². The molecule has 0 unspecified atom stereocenters. The van der Waals surface area contributed by atoms with Gasteiger partial charge in [0.15, 0.2) is 32.5 Å². The summed E-state index contributed by atoms with van der Waals surface area (Å²) in [7, 11) is -9.08. The van der Waals surface area contributed by atoms with Crippen molar-refractivity contribution in [1.29, 1.82) is 5.26 Å². The molecule has 5 rings (SSSR count). The number of fused-ring (bicyclic) bond motifs is 2. The number of hydrogen-bond acceptors (Lipinski definition) is 9. The summed E-state index contributed by atoms with van der Waals surface area (Å²) < 4.78 is 69.7. The van der Waals surface area contributed by atoms with Crippen LogP contribution in [0.25, 0.3) is 11.0 Å². The molecule has 0 bridgehead atoms. The molecule has 12 nitrogen and oxygen atoms in total. The van der Waals surface area contributed by atoms with Crippen molar-refractivity contribution in [1.82, 2.24) is 9.55 Å². The number of nitrogens with zero attached hydrogens (tertiary/aromatic N) is 3. The predicted molar refractivity (Wildman–Crippen MR) is 146 cm³/mol. The van der Waals surface area contributed by atoms with E-state index in [-0.39, 0.29) is 22.6 Å². The van der Waals surface area contributed by atoms with Gasteiger partial charge in [-0.2, -0.15) is 5.26 Å². The average Bonchev–Trinajstić information content (AvgIpc) is 3.49. The van der Waals surface area contributed by atoms with Gasteiger partial charge in [-0.25, -0.2) is 17.8 Å². The molecule has 0 amide bonds. The number of nitriles is 1. The van der Waals surface area contributed by atoms with E-state index in [1.165, 1.54) is 12.1 Å². The average molecular weight is 629 g/mol. The summed E-state index contributed by atoms with van der Waals surface area (Å²) in [6.07, 6.45) is -2.10. The van der Waals surface area contributed by atoms with Gasteiger partial charge in [0.1, 0.15) is 41.4 Å². The first kappa shape index (κ1) is 29.9. The molecule has 3 N–H and O–H groups in total. The molecule has 4 heterocycles. The summed E-state index contributed by atoms with van der Waals surface area (Å²) in [4.78, 5) is 22.9. The lowest BCUT2D eigenvalue weighted by atomic mass is 10.1. The lowest BCUT2D eigenvalue weighted by Gasteiger charge is -2.25. The molecule has 0 spiro atoms. The number of nitrogens with one attached hydrogen (secondary N) is 1.